The van der Waals surface area contributed by atoms with Gasteiger partial charge in [-0.2, -0.15) is 9.57 Å². The average molecular weight is 413 g/mol. The molecule has 8 heteroatoms. The molecule has 29 heavy (non-hydrogen) atoms. The summed E-state index contributed by atoms with van der Waals surface area (Å²) in [6, 6.07) is 12.1. The summed E-state index contributed by atoms with van der Waals surface area (Å²) in [6.07, 6.45) is 1.50. The quantitative estimate of drug-likeness (QED) is 0.604. The molecule has 152 valence electrons. The second-order valence-corrected chi connectivity index (χ2v) is 8.63. The number of aromatic nitrogens is 2. The summed E-state index contributed by atoms with van der Waals surface area (Å²) in [5.41, 5.74) is 2.64. The van der Waals surface area contributed by atoms with E-state index in [0.717, 1.165) is 23.9 Å². The van der Waals surface area contributed by atoms with E-state index in [1.165, 1.54) is 17.5 Å². The number of fused-ring (bicyclic) bond motifs is 1. The van der Waals surface area contributed by atoms with E-state index in [-0.39, 0.29) is 4.90 Å². The van der Waals surface area contributed by atoms with E-state index in [9.17, 15) is 8.42 Å². The molecule has 0 aliphatic carbocycles. The van der Waals surface area contributed by atoms with Gasteiger partial charge in [-0.15, -0.1) is 0 Å². The maximum absolute atomic E-state index is 13.1. The topological polar surface area (TPSA) is 99.1 Å². The second-order valence-electron chi connectivity index (χ2n) is 6.70. The Morgan fingerprint density at radius 2 is 1.86 bits per heavy atom. The van der Waals surface area contributed by atoms with Crippen LogP contribution in [0.1, 0.15) is 32.3 Å². The van der Waals surface area contributed by atoms with Gasteiger partial charge in [0, 0.05) is 19.2 Å². The molecule has 0 saturated heterocycles. The van der Waals surface area contributed by atoms with Crippen LogP contribution in [0.25, 0.3) is 22.4 Å². The maximum Gasteiger partial charge on any atom is 0.243 e. The zero-order valence-electron chi connectivity index (χ0n) is 16.8. The molecule has 2 aromatic carbocycles. The Hall–Kier alpha value is -2.89. The van der Waals surface area contributed by atoms with Crippen molar-refractivity contribution < 1.29 is 13.2 Å². The van der Waals surface area contributed by atoms with Crippen molar-refractivity contribution in [2.24, 2.45) is 0 Å². The van der Waals surface area contributed by atoms with Gasteiger partial charge in [-0.25, -0.2) is 13.4 Å². The fraction of sp³-hybridized carbons (Fsp3) is 0.333. The van der Waals surface area contributed by atoms with E-state index in [0.29, 0.717) is 35.8 Å². The third-order valence-corrected chi connectivity index (χ3v) is 6.52. The molecule has 1 N–H and O–H groups in total. The van der Waals surface area contributed by atoms with Gasteiger partial charge in [-0.1, -0.05) is 13.8 Å². The predicted molar refractivity (Wildman–Crippen MR) is 112 cm³/mol. The van der Waals surface area contributed by atoms with Gasteiger partial charge in [0.05, 0.1) is 40.2 Å². The Morgan fingerprint density at radius 3 is 2.48 bits per heavy atom. The first-order valence-electron chi connectivity index (χ1n) is 9.53. The van der Waals surface area contributed by atoms with Gasteiger partial charge in [0.1, 0.15) is 11.6 Å². The summed E-state index contributed by atoms with van der Waals surface area (Å²) in [4.78, 5) is 7.93. The molecule has 0 unspecified atom stereocenters. The van der Waals surface area contributed by atoms with E-state index in [1.807, 2.05) is 13.8 Å². The molecule has 0 bridgehead atoms. The number of hydrogen-bond donors (Lipinski definition) is 1. The number of H-pyrrole nitrogens is 1. The van der Waals surface area contributed by atoms with Crippen LogP contribution in [-0.4, -0.2) is 42.9 Å². The van der Waals surface area contributed by atoms with Crippen LogP contribution in [0.15, 0.2) is 41.3 Å². The molecule has 7 nitrogen and oxygen atoms in total. The molecule has 0 aliphatic rings. The molecular weight excluding hydrogens is 388 g/mol. The molecule has 0 spiro atoms. The lowest BCUT2D eigenvalue weighted by Crippen LogP contribution is -2.32. The summed E-state index contributed by atoms with van der Waals surface area (Å²) >= 11 is 0. The molecule has 0 radical (unpaired) electrons. The second kappa shape index (κ2) is 8.64. The lowest BCUT2D eigenvalue weighted by atomic mass is 10.2. The van der Waals surface area contributed by atoms with E-state index in [4.69, 9.17) is 10.00 Å². The molecule has 3 rings (SSSR count). The van der Waals surface area contributed by atoms with E-state index >= 15 is 0 Å². The SMILES string of the molecule is CCCN(CCC)S(=O)(=O)c1ccc(-c2nc3ccc(C#N)cc3[nH]2)c(OC)c1. The summed E-state index contributed by atoms with van der Waals surface area (Å²) in [7, 11) is -2.10. The zero-order valence-corrected chi connectivity index (χ0v) is 17.6. The number of nitrogens with one attached hydrogen (secondary N) is 1. The van der Waals surface area contributed by atoms with E-state index in [1.54, 1.807) is 30.3 Å². The van der Waals surface area contributed by atoms with Crippen LogP contribution >= 0.6 is 0 Å². The van der Waals surface area contributed by atoms with Crippen LogP contribution < -0.4 is 4.74 Å². The summed E-state index contributed by atoms with van der Waals surface area (Å²) in [6.45, 7) is 4.87. The number of aromatic amines is 1. The van der Waals surface area contributed by atoms with Crippen LogP contribution in [-0.2, 0) is 10.0 Å². The smallest absolute Gasteiger partial charge is 0.243 e. The Kier molecular flexibility index (Phi) is 6.20. The fourth-order valence-corrected chi connectivity index (χ4v) is 4.87. The minimum atomic E-state index is -3.60. The van der Waals surface area contributed by atoms with Gasteiger partial charge in [0.15, 0.2) is 0 Å². The predicted octanol–water partition coefficient (Wildman–Crippen LogP) is 3.92. The Labute approximate surface area is 171 Å². The van der Waals surface area contributed by atoms with Gasteiger partial charge in [0.2, 0.25) is 10.0 Å². The normalized spacial score (nSPS) is 11.7. The van der Waals surface area contributed by atoms with Crippen molar-refractivity contribution in [1.82, 2.24) is 14.3 Å². The van der Waals surface area contributed by atoms with Gasteiger partial charge in [-0.05, 0) is 43.2 Å². The highest BCUT2D eigenvalue weighted by Crippen LogP contribution is 2.32. The van der Waals surface area contributed by atoms with E-state index in [2.05, 4.69) is 16.0 Å². The summed E-state index contributed by atoms with van der Waals surface area (Å²) in [5, 5.41) is 9.07. The van der Waals surface area contributed by atoms with Crippen molar-refractivity contribution >= 4 is 21.1 Å². The van der Waals surface area contributed by atoms with E-state index < -0.39 is 10.0 Å². The number of sulfonamides is 1. The zero-order chi connectivity index (χ0) is 21.0. The molecule has 0 saturated carbocycles. The lowest BCUT2D eigenvalue weighted by molar-refractivity contribution is 0.405. The largest absolute Gasteiger partial charge is 0.496 e. The van der Waals surface area contributed by atoms with Crippen LogP contribution in [0.5, 0.6) is 5.75 Å². The van der Waals surface area contributed by atoms with Crippen LogP contribution in [0.4, 0.5) is 0 Å². The van der Waals surface area contributed by atoms with Crippen LogP contribution in [0.2, 0.25) is 0 Å². The first-order valence-corrected chi connectivity index (χ1v) is 11.0. The first-order chi connectivity index (χ1) is 13.9. The van der Waals surface area contributed by atoms with Crippen molar-refractivity contribution in [2.45, 2.75) is 31.6 Å². The Morgan fingerprint density at radius 1 is 1.14 bits per heavy atom. The number of benzene rings is 2. The Bertz CT molecular complexity index is 1160. The molecule has 0 atom stereocenters. The number of hydrogen-bond acceptors (Lipinski definition) is 5. The lowest BCUT2D eigenvalue weighted by Gasteiger charge is -2.21. The number of ether oxygens (including phenoxy) is 1. The van der Waals surface area contributed by atoms with Gasteiger partial charge < -0.3 is 9.72 Å². The molecule has 0 aliphatic heterocycles. The van der Waals surface area contributed by atoms with Crippen LogP contribution in [0.3, 0.4) is 0 Å². The number of methoxy groups -OCH3 is 1. The van der Waals surface area contributed by atoms with Crippen LogP contribution in [0, 0.1) is 11.3 Å². The summed E-state index contributed by atoms with van der Waals surface area (Å²) in [5.74, 6) is 0.966. The average Bonchev–Trinajstić information content (AvgIpc) is 3.16. The highest BCUT2D eigenvalue weighted by molar-refractivity contribution is 7.89. The molecule has 0 fully saturated rings. The minimum absolute atomic E-state index is 0.197. The van der Waals surface area contributed by atoms with Gasteiger partial charge in [0.25, 0.3) is 0 Å². The Balaban J connectivity index is 2.04. The maximum atomic E-state index is 13.1. The number of rotatable bonds is 8. The minimum Gasteiger partial charge on any atom is -0.496 e. The molecule has 1 heterocycles. The third-order valence-electron chi connectivity index (χ3n) is 4.62. The number of nitriles is 1. The number of imidazole rings is 1. The van der Waals surface area contributed by atoms with Crippen molar-refractivity contribution in [3.63, 3.8) is 0 Å². The molecule has 0 amide bonds. The van der Waals surface area contributed by atoms with Crippen molar-refractivity contribution in [3.05, 3.63) is 42.0 Å². The number of nitrogens with zero attached hydrogens (tertiary/aromatic N) is 3. The van der Waals surface area contributed by atoms with Crippen molar-refractivity contribution in [2.75, 3.05) is 20.2 Å². The van der Waals surface area contributed by atoms with Crippen molar-refractivity contribution in [3.8, 4) is 23.2 Å². The molecule has 3 aromatic rings. The highest BCUT2D eigenvalue weighted by Gasteiger charge is 2.25. The third kappa shape index (κ3) is 4.11. The fourth-order valence-electron chi connectivity index (χ4n) is 3.23. The first kappa shape index (κ1) is 20.8. The monoisotopic (exact) mass is 412 g/mol. The highest BCUT2D eigenvalue weighted by atomic mass is 32.2. The van der Waals surface area contributed by atoms with Crippen molar-refractivity contribution in [1.29, 1.82) is 5.26 Å². The summed E-state index contributed by atoms with van der Waals surface area (Å²) < 4.78 is 33.1. The van der Waals surface area contributed by atoms with Gasteiger partial charge >= 0.3 is 0 Å². The standard InChI is InChI=1S/C21H24N4O3S/c1-4-10-25(11-5-2)29(26,27)16-7-8-17(20(13-16)28-3)21-23-18-9-6-15(14-22)12-19(18)24-21/h6-9,12-13H,4-5,10-11H2,1-3H3,(H,23,24). The van der Waals surface area contributed by atoms with Gasteiger partial charge in [-0.3, -0.25) is 0 Å². The molecular formula is C21H24N4O3S. The molecule has 1 aromatic heterocycles.